The largest absolute Gasteiger partial charge is 0.435 e. The highest BCUT2D eigenvalue weighted by atomic mass is 19.3. The molecule has 7 heteroatoms. The molecule has 0 radical (unpaired) electrons. The van der Waals surface area contributed by atoms with Crippen LogP contribution >= 0.6 is 0 Å². The number of aryl methyl sites for hydroxylation is 3. The lowest BCUT2D eigenvalue weighted by molar-refractivity contribution is -0.0503. The SMILES string of the molecule is Cc1cc(OC(F)F)c(C)cc1/N=c1\[nH]c(=O)cc2n1C(c1ccccc1)CC2. The number of hydrogen-bond donors (Lipinski definition) is 1. The standard InChI is InChI=1S/C22H21F2N3O2/c1-13-11-19(29-21(23)24)14(2)10-17(13)25-22-26-20(28)12-16-8-9-18(27(16)22)15-6-4-3-5-7-15/h3-7,10-12,18,21H,8-9H2,1-2H3,(H,25,26,28). The number of halogens is 2. The third-order valence-corrected chi connectivity index (χ3v) is 5.18. The molecule has 0 spiro atoms. The van der Waals surface area contributed by atoms with Gasteiger partial charge in [-0.1, -0.05) is 30.3 Å². The Balaban J connectivity index is 1.86. The van der Waals surface area contributed by atoms with Gasteiger partial charge in [0.2, 0.25) is 5.62 Å². The minimum Gasteiger partial charge on any atom is -0.435 e. The molecule has 0 amide bonds. The van der Waals surface area contributed by atoms with E-state index in [1.54, 1.807) is 32.0 Å². The van der Waals surface area contributed by atoms with Crippen molar-refractivity contribution in [2.45, 2.75) is 39.3 Å². The fraction of sp³-hybridized carbons (Fsp3) is 0.273. The molecule has 4 rings (SSSR count). The number of aromatic nitrogens is 2. The van der Waals surface area contributed by atoms with Crippen LogP contribution < -0.4 is 15.9 Å². The van der Waals surface area contributed by atoms with Crippen molar-refractivity contribution >= 4 is 5.69 Å². The molecule has 1 aromatic heterocycles. The molecule has 29 heavy (non-hydrogen) atoms. The molecule has 0 bridgehead atoms. The predicted octanol–water partition coefficient (Wildman–Crippen LogP) is 4.16. The van der Waals surface area contributed by atoms with Crippen molar-refractivity contribution < 1.29 is 13.5 Å². The van der Waals surface area contributed by atoms with Gasteiger partial charge in [-0.3, -0.25) is 9.78 Å². The van der Waals surface area contributed by atoms with Crippen LogP contribution in [-0.4, -0.2) is 16.2 Å². The number of nitrogens with one attached hydrogen (secondary N) is 1. The Morgan fingerprint density at radius 2 is 1.90 bits per heavy atom. The first-order valence-corrected chi connectivity index (χ1v) is 9.43. The van der Waals surface area contributed by atoms with Crippen molar-refractivity contribution in [3.63, 3.8) is 0 Å². The summed E-state index contributed by atoms with van der Waals surface area (Å²) in [6.07, 6.45) is 1.66. The fourth-order valence-corrected chi connectivity index (χ4v) is 3.82. The summed E-state index contributed by atoms with van der Waals surface area (Å²) in [4.78, 5) is 19.7. The Bertz CT molecular complexity index is 1170. The van der Waals surface area contributed by atoms with E-state index in [0.717, 1.165) is 24.1 Å². The molecule has 0 aliphatic carbocycles. The third-order valence-electron chi connectivity index (χ3n) is 5.18. The van der Waals surface area contributed by atoms with Gasteiger partial charge < -0.3 is 9.30 Å². The molecular formula is C22H21F2N3O2. The highest BCUT2D eigenvalue weighted by molar-refractivity contribution is 5.53. The van der Waals surface area contributed by atoms with Gasteiger partial charge in [-0.05, 0) is 55.5 Å². The Morgan fingerprint density at radius 1 is 1.14 bits per heavy atom. The summed E-state index contributed by atoms with van der Waals surface area (Å²) < 4.78 is 31.8. The summed E-state index contributed by atoms with van der Waals surface area (Å²) in [6, 6.07) is 15.0. The molecule has 2 heterocycles. The highest BCUT2D eigenvalue weighted by Crippen LogP contribution is 2.31. The Kier molecular flexibility index (Phi) is 5.05. The van der Waals surface area contributed by atoms with Crippen molar-refractivity contribution in [1.82, 2.24) is 9.55 Å². The third kappa shape index (κ3) is 3.85. The van der Waals surface area contributed by atoms with Crippen LogP contribution in [0.15, 0.2) is 58.3 Å². The van der Waals surface area contributed by atoms with Gasteiger partial charge in [0.1, 0.15) is 5.75 Å². The number of alkyl halides is 2. The Hall–Kier alpha value is -3.22. The van der Waals surface area contributed by atoms with Crippen LogP contribution in [0.1, 0.15) is 34.8 Å². The van der Waals surface area contributed by atoms with E-state index in [1.165, 1.54) is 0 Å². The molecule has 150 valence electrons. The number of benzene rings is 2. The molecule has 1 unspecified atom stereocenters. The van der Waals surface area contributed by atoms with Gasteiger partial charge in [-0.2, -0.15) is 8.78 Å². The van der Waals surface area contributed by atoms with E-state index in [0.29, 0.717) is 22.4 Å². The summed E-state index contributed by atoms with van der Waals surface area (Å²) in [5, 5.41) is 0. The number of rotatable bonds is 4. The maximum Gasteiger partial charge on any atom is 0.387 e. The zero-order valence-electron chi connectivity index (χ0n) is 16.2. The lowest BCUT2D eigenvalue weighted by atomic mass is 10.1. The van der Waals surface area contributed by atoms with Crippen molar-refractivity contribution in [1.29, 1.82) is 0 Å². The maximum atomic E-state index is 12.6. The number of ether oxygens (including phenoxy) is 1. The molecule has 0 fully saturated rings. The van der Waals surface area contributed by atoms with Crippen LogP contribution in [0.25, 0.3) is 0 Å². The van der Waals surface area contributed by atoms with Crippen LogP contribution in [0.5, 0.6) is 5.75 Å². The average molecular weight is 397 g/mol. The van der Waals surface area contributed by atoms with E-state index < -0.39 is 6.61 Å². The summed E-state index contributed by atoms with van der Waals surface area (Å²) in [5.41, 5.74) is 4.13. The van der Waals surface area contributed by atoms with Crippen LogP contribution in [0.4, 0.5) is 14.5 Å². The molecule has 1 aliphatic heterocycles. The summed E-state index contributed by atoms with van der Waals surface area (Å²) in [7, 11) is 0. The van der Waals surface area contributed by atoms with Crippen LogP contribution in [0.2, 0.25) is 0 Å². The van der Waals surface area contributed by atoms with Gasteiger partial charge in [-0.15, -0.1) is 0 Å². The lowest BCUT2D eigenvalue weighted by Gasteiger charge is -2.16. The van der Waals surface area contributed by atoms with E-state index in [1.807, 2.05) is 18.2 Å². The lowest BCUT2D eigenvalue weighted by Crippen LogP contribution is -2.32. The highest BCUT2D eigenvalue weighted by Gasteiger charge is 2.24. The molecule has 1 aliphatic rings. The minimum atomic E-state index is -2.88. The first kappa shape index (κ1) is 19.1. The summed E-state index contributed by atoms with van der Waals surface area (Å²) in [5.74, 6) is 0.123. The maximum absolute atomic E-state index is 12.6. The van der Waals surface area contributed by atoms with E-state index in [-0.39, 0.29) is 17.4 Å². The molecule has 0 saturated heterocycles. The fourth-order valence-electron chi connectivity index (χ4n) is 3.82. The number of nitrogens with zero attached hydrogens (tertiary/aromatic N) is 2. The van der Waals surface area contributed by atoms with Crippen molar-refractivity contribution in [2.24, 2.45) is 4.99 Å². The Labute approximate surface area is 166 Å². The molecule has 1 atom stereocenters. The number of fused-ring (bicyclic) bond motifs is 1. The normalized spacial score (nSPS) is 16.3. The zero-order valence-corrected chi connectivity index (χ0v) is 16.2. The minimum absolute atomic E-state index is 0.0737. The zero-order chi connectivity index (χ0) is 20.5. The van der Waals surface area contributed by atoms with Crippen molar-refractivity contribution in [3.05, 3.63) is 86.9 Å². The number of hydrogen-bond acceptors (Lipinski definition) is 3. The van der Waals surface area contributed by atoms with Gasteiger partial charge in [0.25, 0.3) is 5.56 Å². The van der Waals surface area contributed by atoms with Crippen molar-refractivity contribution in [2.75, 3.05) is 0 Å². The van der Waals surface area contributed by atoms with Gasteiger partial charge in [0, 0.05) is 11.8 Å². The molecule has 0 saturated carbocycles. The quantitative estimate of drug-likeness (QED) is 0.719. The first-order chi connectivity index (χ1) is 13.9. The molecule has 3 aromatic rings. The first-order valence-electron chi connectivity index (χ1n) is 9.43. The second-order valence-corrected chi connectivity index (χ2v) is 7.18. The van der Waals surface area contributed by atoms with Crippen LogP contribution in [-0.2, 0) is 6.42 Å². The molecule has 1 N–H and O–H groups in total. The summed E-state index contributed by atoms with van der Waals surface area (Å²) >= 11 is 0. The summed E-state index contributed by atoms with van der Waals surface area (Å²) in [6.45, 7) is 0.581. The van der Waals surface area contributed by atoms with E-state index in [2.05, 4.69) is 26.4 Å². The molecule has 5 nitrogen and oxygen atoms in total. The second kappa shape index (κ2) is 7.66. The molecular weight excluding hydrogens is 376 g/mol. The van der Waals surface area contributed by atoms with E-state index in [4.69, 9.17) is 4.99 Å². The molecule has 2 aromatic carbocycles. The number of aromatic amines is 1. The van der Waals surface area contributed by atoms with Gasteiger partial charge in [0.05, 0.1) is 11.7 Å². The second-order valence-electron chi connectivity index (χ2n) is 7.18. The van der Waals surface area contributed by atoms with Gasteiger partial charge >= 0.3 is 6.61 Å². The van der Waals surface area contributed by atoms with Crippen molar-refractivity contribution in [3.8, 4) is 5.75 Å². The van der Waals surface area contributed by atoms with E-state index >= 15 is 0 Å². The van der Waals surface area contributed by atoms with Crippen LogP contribution in [0.3, 0.4) is 0 Å². The predicted molar refractivity (Wildman–Crippen MR) is 106 cm³/mol. The topological polar surface area (TPSA) is 59.4 Å². The Morgan fingerprint density at radius 3 is 2.62 bits per heavy atom. The van der Waals surface area contributed by atoms with Gasteiger partial charge in [-0.25, -0.2) is 4.99 Å². The smallest absolute Gasteiger partial charge is 0.387 e. The van der Waals surface area contributed by atoms with E-state index in [9.17, 15) is 13.6 Å². The van der Waals surface area contributed by atoms with Crippen LogP contribution in [0, 0.1) is 13.8 Å². The average Bonchev–Trinajstić information content (AvgIpc) is 3.10. The number of H-pyrrole nitrogens is 1. The monoisotopic (exact) mass is 397 g/mol. The van der Waals surface area contributed by atoms with Gasteiger partial charge in [0.15, 0.2) is 0 Å².